The minimum atomic E-state index is -1.09. The van der Waals surface area contributed by atoms with E-state index in [2.05, 4.69) is 47.2 Å². The zero-order valence-corrected chi connectivity index (χ0v) is 18.0. The SMILES string of the molecule is CCN(CC)Cc1sc(-c2nc(-c3ccc(C(=O)NCC(=O)O)cc3)no2)cc1C. The molecule has 0 aliphatic rings. The maximum Gasteiger partial charge on any atom is 0.322 e. The van der Waals surface area contributed by atoms with Gasteiger partial charge in [0.2, 0.25) is 5.82 Å². The van der Waals surface area contributed by atoms with Crippen LogP contribution in [0, 0.1) is 6.92 Å². The third kappa shape index (κ3) is 5.11. The zero-order valence-electron chi connectivity index (χ0n) is 17.1. The summed E-state index contributed by atoms with van der Waals surface area (Å²) in [6, 6.07) is 8.67. The van der Waals surface area contributed by atoms with Crippen LogP contribution in [-0.2, 0) is 11.3 Å². The molecule has 2 heterocycles. The fourth-order valence-corrected chi connectivity index (χ4v) is 4.04. The predicted octanol–water partition coefficient (Wildman–Crippen LogP) is 3.43. The Bertz CT molecular complexity index is 1020. The van der Waals surface area contributed by atoms with Gasteiger partial charge in [-0.3, -0.25) is 14.5 Å². The highest BCUT2D eigenvalue weighted by atomic mass is 32.1. The molecule has 2 aromatic heterocycles. The third-order valence-electron chi connectivity index (χ3n) is 4.72. The molecule has 0 fully saturated rings. The fourth-order valence-electron chi connectivity index (χ4n) is 2.90. The van der Waals surface area contributed by atoms with E-state index in [1.807, 2.05) is 0 Å². The summed E-state index contributed by atoms with van der Waals surface area (Å²) in [5, 5.41) is 15.0. The van der Waals surface area contributed by atoms with Crippen molar-refractivity contribution in [3.63, 3.8) is 0 Å². The second-order valence-corrected chi connectivity index (χ2v) is 7.89. The first-order chi connectivity index (χ1) is 14.4. The Balaban J connectivity index is 1.73. The molecular formula is C21H24N4O4S. The molecule has 3 rings (SSSR count). The Morgan fingerprint density at radius 1 is 1.20 bits per heavy atom. The van der Waals surface area contributed by atoms with Crippen LogP contribution in [0.4, 0.5) is 0 Å². The van der Waals surface area contributed by atoms with Gasteiger partial charge in [-0.05, 0) is 43.8 Å². The molecule has 0 radical (unpaired) electrons. The summed E-state index contributed by atoms with van der Waals surface area (Å²) < 4.78 is 5.46. The van der Waals surface area contributed by atoms with Crippen LogP contribution in [0.15, 0.2) is 34.9 Å². The second-order valence-electron chi connectivity index (χ2n) is 6.76. The highest BCUT2D eigenvalue weighted by molar-refractivity contribution is 7.15. The third-order valence-corrected chi connectivity index (χ3v) is 5.93. The average molecular weight is 429 g/mol. The summed E-state index contributed by atoms with van der Waals surface area (Å²) >= 11 is 1.66. The molecule has 0 saturated heterocycles. The topological polar surface area (TPSA) is 109 Å². The van der Waals surface area contributed by atoms with E-state index in [4.69, 9.17) is 9.63 Å². The van der Waals surface area contributed by atoms with Crippen molar-refractivity contribution in [3.8, 4) is 22.2 Å². The number of nitrogens with one attached hydrogen (secondary N) is 1. The number of benzene rings is 1. The largest absolute Gasteiger partial charge is 0.480 e. The molecule has 8 nitrogen and oxygen atoms in total. The molecule has 2 N–H and O–H groups in total. The van der Waals surface area contributed by atoms with Crippen molar-refractivity contribution in [2.24, 2.45) is 0 Å². The van der Waals surface area contributed by atoms with E-state index in [-0.39, 0.29) is 0 Å². The Morgan fingerprint density at radius 2 is 1.90 bits per heavy atom. The van der Waals surface area contributed by atoms with Crippen LogP contribution in [0.25, 0.3) is 22.2 Å². The number of carboxylic acids is 1. The van der Waals surface area contributed by atoms with Gasteiger partial charge in [0.25, 0.3) is 11.8 Å². The van der Waals surface area contributed by atoms with Crippen LogP contribution < -0.4 is 5.32 Å². The molecule has 0 saturated carbocycles. The number of hydrogen-bond donors (Lipinski definition) is 2. The van der Waals surface area contributed by atoms with Crippen LogP contribution in [0.2, 0.25) is 0 Å². The Kier molecular flexibility index (Phi) is 6.96. The van der Waals surface area contributed by atoms with E-state index in [1.165, 1.54) is 10.4 Å². The van der Waals surface area contributed by atoms with E-state index in [0.29, 0.717) is 22.8 Å². The Morgan fingerprint density at radius 3 is 2.53 bits per heavy atom. The lowest BCUT2D eigenvalue weighted by Gasteiger charge is -2.17. The van der Waals surface area contributed by atoms with Crippen LogP contribution in [0.3, 0.4) is 0 Å². The maximum absolute atomic E-state index is 11.9. The minimum absolute atomic E-state index is 0.360. The van der Waals surface area contributed by atoms with Gasteiger partial charge in [-0.25, -0.2) is 0 Å². The molecule has 1 amide bonds. The molecular weight excluding hydrogens is 404 g/mol. The monoisotopic (exact) mass is 428 g/mol. The smallest absolute Gasteiger partial charge is 0.322 e. The number of hydrogen-bond acceptors (Lipinski definition) is 7. The number of amides is 1. The number of rotatable bonds is 9. The quantitative estimate of drug-likeness (QED) is 0.537. The lowest BCUT2D eigenvalue weighted by molar-refractivity contribution is -0.135. The van der Waals surface area contributed by atoms with Gasteiger partial charge in [-0.15, -0.1) is 11.3 Å². The summed E-state index contributed by atoms with van der Waals surface area (Å²) in [6.07, 6.45) is 0. The van der Waals surface area contributed by atoms with Crippen LogP contribution >= 0.6 is 11.3 Å². The average Bonchev–Trinajstić information content (AvgIpc) is 3.37. The Hall–Kier alpha value is -3.04. The predicted molar refractivity (Wildman–Crippen MR) is 114 cm³/mol. The molecule has 158 valence electrons. The molecule has 0 bridgehead atoms. The zero-order chi connectivity index (χ0) is 21.7. The summed E-state index contributed by atoms with van der Waals surface area (Å²) in [6.45, 7) is 8.86. The summed E-state index contributed by atoms with van der Waals surface area (Å²) in [5.74, 6) is -0.651. The molecule has 9 heteroatoms. The van der Waals surface area contributed by atoms with Crippen LogP contribution in [0.1, 0.15) is 34.6 Å². The van der Waals surface area contributed by atoms with Gasteiger partial charge >= 0.3 is 5.97 Å². The first kappa shape index (κ1) is 21.7. The van der Waals surface area contributed by atoms with Crippen LogP contribution in [0.5, 0.6) is 0 Å². The van der Waals surface area contributed by atoms with Crippen LogP contribution in [-0.4, -0.2) is 51.7 Å². The van der Waals surface area contributed by atoms with Crippen molar-refractivity contribution in [3.05, 3.63) is 46.3 Å². The molecule has 0 aliphatic heterocycles. The van der Waals surface area contributed by atoms with E-state index >= 15 is 0 Å². The summed E-state index contributed by atoms with van der Waals surface area (Å²) in [5.41, 5.74) is 2.27. The Labute approximate surface area is 178 Å². The van der Waals surface area contributed by atoms with E-state index in [9.17, 15) is 9.59 Å². The van der Waals surface area contributed by atoms with Gasteiger partial charge in [0.05, 0.1) is 4.88 Å². The number of thiophene rings is 1. The number of aliphatic carboxylic acids is 1. The van der Waals surface area contributed by atoms with Crippen molar-refractivity contribution < 1.29 is 19.2 Å². The van der Waals surface area contributed by atoms with Gasteiger partial charge in [-0.1, -0.05) is 31.1 Å². The highest BCUT2D eigenvalue weighted by Crippen LogP contribution is 2.32. The van der Waals surface area contributed by atoms with Gasteiger partial charge in [0.15, 0.2) is 0 Å². The first-order valence-electron chi connectivity index (χ1n) is 9.67. The number of aromatic nitrogens is 2. The van der Waals surface area contributed by atoms with Crippen molar-refractivity contribution in [2.45, 2.75) is 27.3 Å². The number of aryl methyl sites for hydroxylation is 1. The normalized spacial score (nSPS) is 11.1. The van der Waals surface area contributed by atoms with Crippen molar-refractivity contribution in [1.82, 2.24) is 20.4 Å². The number of carboxylic acid groups (broad SMARTS) is 1. The first-order valence-corrected chi connectivity index (χ1v) is 10.5. The van der Waals surface area contributed by atoms with E-state index < -0.39 is 18.4 Å². The molecule has 0 atom stereocenters. The molecule has 0 spiro atoms. The lowest BCUT2D eigenvalue weighted by atomic mass is 10.1. The van der Waals surface area contributed by atoms with Crippen molar-refractivity contribution >= 4 is 23.2 Å². The van der Waals surface area contributed by atoms with Gasteiger partial charge < -0.3 is 14.9 Å². The number of carbonyl (C=O) groups excluding carboxylic acids is 1. The fraction of sp³-hybridized carbons (Fsp3) is 0.333. The molecule has 0 aliphatic carbocycles. The maximum atomic E-state index is 11.9. The standard InChI is InChI=1S/C21H24N4O4S/c1-4-25(5-2)12-17-13(3)10-16(30-17)21-23-19(24-29-21)14-6-8-15(9-7-14)20(28)22-11-18(26)27/h6-10H,4-5,11-12H2,1-3H3,(H,22,28)(H,26,27). The van der Waals surface area contributed by atoms with Gasteiger partial charge in [-0.2, -0.15) is 4.98 Å². The van der Waals surface area contributed by atoms with E-state index in [1.54, 1.807) is 35.6 Å². The molecule has 3 aromatic rings. The van der Waals surface area contributed by atoms with Crippen molar-refractivity contribution in [2.75, 3.05) is 19.6 Å². The summed E-state index contributed by atoms with van der Waals surface area (Å²) in [7, 11) is 0. The highest BCUT2D eigenvalue weighted by Gasteiger charge is 2.16. The second kappa shape index (κ2) is 9.64. The lowest BCUT2D eigenvalue weighted by Crippen LogP contribution is -2.29. The number of nitrogens with zero attached hydrogens (tertiary/aromatic N) is 3. The molecule has 0 unspecified atom stereocenters. The molecule has 30 heavy (non-hydrogen) atoms. The summed E-state index contributed by atoms with van der Waals surface area (Å²) in [4.78, 5) is 31.5. The van der Waals surface area contributed by atoms with Crippen molar-refractivity contribution in [1.29, 1.82) is 0 Å². The molecule has 1 aromatic carbocycles. The minimum Gasteiger partial charge on any atom is -0.480 e. The van der Waals surface area contributed by atoms with E-state index in [0.717, 1.165) is 24.5 Å². The van der Waals surface area contributed by atoms with Gasteiger partial charge in [0.1, 0.15) is 6.54 Å². The van der Waals surface area contributed by atoms with Gasteiger partial charge in [0, 0.05) is 22.5 Å². The number of carbonyl (C=O) groups is 2.